The van der Waals surface area contributed by atoms with Crippen LogP contribution < -0.4 is 0 Å². The molecule has 3 N–H and O–H groups in total. The van der Waals surface area contributed by atoms with Gasteiger partial charge >= 0.3 is 0 Å². The molecule has 5 heterocycles. The van der Waals surface area contributed by atoms with Crippen LogP contribution in [0.15, 0.2) is 231 Å². The number of nitrogens with zero attached hydrogens (tertiary/aromatic N) is 5. The van der Waals surface area contributed by atoms with E-state index in [0.717, 1.165) is 115 Å². The van der Waals surface area contributed by atoms with Crippen molar-refractivity contribution >= 4 is 54.8 Å². The van der Waals surface area contributed by atoms with E-state index in [-0.39, 0.29) is 0 Å². The number of ether oxygens (including phenoxy) is 1. The molecule has 13 aromatic rings. The molecule has 4 aromatic heterocycles. The van der Waals surface area contributed by atoms with Crippen LogP contribution in [0, 0.1) is 31.6 Å². The Labute approximate surface area is 587 Å². The molecule has 1 saturated carbocycles. The molecular weight excluding hydrogens is 1200 g/mol. The molecule has 98 heavy (non-hydrogen) atoms. The summed E-state index contributed by atoms with van der Waals surface area (Å²) < 4.78 is 7.49. The van der Waals surface area contributed by atoms with Gasteiger partial charge in [0.1, 0.15) is 17.5 Å². The molecule has 3 aliphatic rings. The predicted molar refractivity (Wildman–Crippen MR) is 420 cm³/mol. The average Bonchev–Trinajstić information content (AvgIpc) is 1.55. The third-order valence-corrected chi connectivity index (χ3v) is 18.4. The summed E-state index contributed by atoms with van der Waals surface area (Å²) in [6.07, 6.45) is 16.8. The van der Waals surface area contributed by atoms with E-state index < -0.39 is 0 Å². The molecule has 1 saturated heterocycles. The van der Waals surface area contributed by atoms with E-state index >= 15 is 0 Å². The van der Waals surface area contributed by atoms with Gasteiger partial charge < -0.3 is 24.3 Å². The van der Waals surface area contributed by atoms with Crippen LogP contribution in [0.3, 0.4) is 0 Å². The fraction of sp³-hybridized carbons (Fsp3) is 0.360. The minimum absolute atomic E-state index is 0.659. The predicted octanol–water partition coefficient (Wildman–Crippen LogP) is 22.7. The average molecular weight is 1310 g/mol. The van der Waals surface area contributed by atoms with Crippen LogP contribution in [-0.2, 0) is 43.4 Å². The van der Waals surface area contributed by atoms with Gasteiger partial charge in [-0.1, -0.05) is 283 Å². The molecule has 1 aliphatic heterocycles. The number of imidazole rings is 3. The van der Waals surface area contributed by atoms with E-state index in [2.05, 4.69) is 273 Å². The number of aromatic amines is 3. The van der Waals surface area contributed by atoms with Crippen molar-refractivity contribution in [3.05, 3.63) is 282 Å². The zero-order chi connectivity index (χ0) is 69.3. The number of hydrogen-bond acceptors (Lipinski definition) is 5. The molecule has 0 bridgehead atoms. The molecule has 16 rings (SSSR count). The third kappa shape index (κ3) is 24.0. The number of benzene rings is 9. The van der Waals surface area contributed by atoms with Gasteiger partial charge in [-0.25, -0.2) is 15.0 Å². The lowest BCUT2D eigenvalue weighted by atomic mass is 9.88. The van der Waals surface area contributed by atoms with E-state index in [1.807, 2.05) is 73.7 Å². The first-order valence-corrected chi connectivity index (χ1v) is 36.6. The highest BCUT2D eigenvalue weighted by Crippen LogP contribution is 2.27. The second-order valence-electron chi connectivity index (χ2n) is 26.9. The lowest BCUT2D eigenvalue weighted by molar-refractivity contribution is 0.0329. The third-order valence-electron chi connectivity index (χ3n) is 18.4. The summed E-state index contributed by atoms with van der Waals surface area (Å²) in [6.45, 7) is 30.2. The van der Waals surface area contributed by atoms with Gasteiger partial charge in [-0.2, -0.15) is 0 Å². The van der Waals surface area contributed by atoms with Gasteiger partial charge in [0.2, 0.25) is 0 Å². The molecule has 0 amide bonds. The number of aryl methyl sites for hydroxylation is 5. The van der Waals surface area contributed by atoms with Crippen molar-refractivity contribution in [2.75, 3.05) is 32.8 Å². The van der Waals surface area contributed by atoms with Crippen LogP contribution in [0.5, 0.6) is 0 Å². The Kier molecular flexibility index (Phi) is 31.1. The van der Waals surface area contributed by atoms with Crippen LogP contribution in [0.4, 0.5) is 0 Å². The molecule has 9 heteroatoms. The van der Waals surface area contributed by atoms with Crippen LogP contribution in [-0.4, -0.2) is 72.2 Å². The first-order chi connectivity index (χ1) is 47.8. The van der Waals surface area contributed by atoms with Crippen molar-refractivity contribution in [3.8, 4) is 0 Å². The fourth-order valence-electron chi connectivity index (χ4n) is 13.0. The Morgan fingerprint density at radius 1 is 0.500 bits per heavy atom. The summed E-state index contributed by atoms with van der Waals surface area (Å²) in [5, 5.41) is 4.09. The van der Waals surface area contributed by atoms with Crippen LogP contribution in [0.2, 0.25) is 0 Å². The minimum atomic E-state index is 0.659. The number of nitrogens with one attached hydrogen (secondary N) is 3. The van der Waals surface area contributed by atoms with Crippen molar-refractivity contribution in [2.45, 2.75) is 159 Å². The second kappa shape index (κ2) is 40.7. The molecule has 9 aromatic carbocycles. The normalized spacial score (nSPS) is 13.5. The van der Waals surface area contributed by atoms with Crippen LogP contribution in [0.1, 0.15) is 158 Å². The van der Waals surface area contributed by atoms with Crippen LogP contribution in [0.25, 0.3) is 54.8 Å². The first kappa shape index (κ1) is 74.9. The molecule has 9 nitrogen and oxygen atoms in total. The van der Waals surface area contributed by atoms with E-state index in [0.29, 0.717) is 5.92 Å². The Bertz CT molecular complexity index is 4210. The quantitative estimate of drug-likeness (QED) is 0.134. The second-order valence-corrected chi connectivity index (χ2v) is 26.9. The van der Waals surface area contributed by atoms with Crippen LogP contribution >= 0.6 is 0 Å². The largest absolute Gasteiger partial charge is 0.379 e. The zero-order valence-electron chi connectivity index (χ0n) is 60.9. The number of morpholine rings is 1. The molecule has 2 aliphatic carbocycles. The number of para-hydroxylation sites is 7. The van der Waals surface area contributed by atoms with Crippen molar-refractivity contribution in [1.82, 2.24) is 39.4 Å². The standard InChI is InChI=1S/C15H14N2.C12H12.C10H11N.C10H12.C9H10N2.C9H12.C8H8N2.C8H17NO.C8H16/c1-12-16-14-9-5-6-10-15(14)17(12)11-13-7-3-2-4-8-13;1-2-10-7-5-8-11-6-3-4-9-12(10)11;1-2-8-7-11-10-6-4-3-5-9(8)10;1-8-6-9-4-2-3-5-10(9)7-8;1-2-9-10-7-5-3-4-6-8(7)11-9;1-8(2)9-6-4-3-5-7-9;1-6-9-7-4-2-3-5-8(7)10-6;1-8(2)7-9-3-5-10-6-4-9;1-2-8-6-4-3-5-7-8/h2-10H,11H2,1H3;3-9H,2H2,1H3;3-7,11H,2H2,1H3;2-5,8H,6-7H2,1H3;3-6H,2H2,1H3,(H,10,11);3-8H,1-2H3;2-5H,1H3,(H,9,10);8H,3-7H2,1-2H3;8H,2-7H2,1H3. The number of H-pyrrole nitrogens is 3. The Balaban J connectivity index is 0.000000142. The molecule has 2 fully saturated rings. The van der Waals surface area contributed by atoms with Gasteiger partial charge in [0.25, 0.3) is 0 Å². The number of fused-ring (bicyclic) bond motifs is 6. The Hall–Kier alpha value is -8.89. The summed E-state index contributed by atoms with van der Waals surface area (Å²) >= 11 is 0. The smallest absolute Gasteiger partial charge is 0.107 e. The van der Waals surface area contributed by atoms with E-state index in [1.54, 1.807) is 11.1 Å². The van der Waals surface area contributed by atoms with Gasteiger partial charge in [-0.3, -0.25) is 4.90 Å². The van der Waals surface area contributed by atoms with Gasteiger partial charge in [0, 0.05) is 49.7 Å². The maximum atomic E-state index is 5.24. The SMILES string of the molecule is CC(C)CN1CCOCC1.CC(C)c1ccccc1.CC1Cc2ccccc2C1.CCC1CCCCC1.CCc1c[nH]c2ccccc12.CCc1cccc2ccccc12.CCc1nc2ccccc2[nH]1.Cc1nc2ccccc2[nH]1.Cc1nc2ccccc2n1Cc1ccccc1. The maximum absolute atomic E-state index is 5.24. The summed E-state index contributed by atoms with van der Waals surface area (Å²) in [4.78, 5) is 25.3. The highest BCUT2D eigenvalue weighted by Gasteiger charge is 2.16. The van der Waals surface area contributed by atoms with Crippen molar-refractivity contribution < 1.29 is 4.74 Å². The minimum Gasteiger partial charge on any atom is -0.379 e. The highest BCUT2D eigenvalue weighted by molar-refractivity contribution is 5.86. The van der Waals surface area contributed by atoms with Gasteiger partial charge in [-0.05, 0) is 150 Å². The molecular formula is C89H112N8O. The summed E-state index contributed by atoms with van der Waals surface area (Å²) in [5.41, 5.74) is 16.5. The fourth-order valence-corrected chi connectivity index (χ4v) is 13.0. The topological polar surface area (TPSA) is 103 Å². The van der Waals surface area contributed by atoms with E-state index in [9.17, 15) is 0 Å². The lowest BCUT2D eigenvalue weighted by Crippen LogP contribution is -2.38. The number of hydrogen-bond donors (Lipinski definition) is 3. The molecule has 0 spiro atoms. The Morgan fingerprint density at radius 2 is 1.04 bits per heavy atom. The van der Waals surface area contributed by atoms with E-state index in [1.165, 1.54) is 107 Å². The molecule has 514 valence electrons. The number of aromatic nitrogens is 7. The van der Waals surface area contributed by atoms with E-state index in [4.69, 9.17) is 4.74 Å². The highest BCUT2D eigenvalue weighted by atomic mass is 16.5. The summed E-state index contributed by atoms with van der Waals surface area (Å²) in [5.74, 6) is 6.51. The van der Waals surface area contributed by atoms with Gasteiger partial charge in [0.05, 0.1) is 46.3 Å². The molecule has 0 unspecified atom stereocenters. The zero-order valence-corrected chi connectivity index (χ0v) is 60.9. The van der Waals surface area contributed by atoms with Gasteiger partial charge in [0.15, 0.2) is 0 Å². The summed E-state index contributed by atoms with van der Waals surface area (Å²) in [6, 6.07) is 77.5. The molecule has 0 atom stereocenters. The van der Waals surface area contributed by atoms with Crippen molar-refractivity contribution in [2.24, 2.45) is 17.8 Å². The Morgan fingerprint density at radius 3 is 1.62 bits per heavy atom. The first-order valence-electron chi connectivity index (χ1n) is 36.6. The summed E-state index contributed by atoms with van der Waals surface area (Å²) in [7, 11) is 0. The van der Waals surface area contributed by atoms with Crippen molar-refractivity contribution in [1.29, 1.82) is 0 Å². The van der Waals surface area contributed by atoms with Gasteiger partial charge in [-0.15, -0.1) is 0 Å². The van der Waals surface area contributed by atoms with Crippen molar-refractivity contribution in [3.63, 3.8) is 0 Å². The number of rotatable bonds is 9. The monoisotopic (exact) mass is 1310 g/mol. The lowest BCUT2D eigenvalue weighted by Gasteiger charge is -2.27. The maximum Gasteiger partial charge on any atom is 0.107 e. The molecule has 0 radical (unpaired) electrons.